The van der Waals surface area contributed by atoms with E-state index in [0.717, 1.165) is 16.2 Å². The normalized spacial score (nSPS) is 11.3. The third-order valence-electron chi connectivity index (χ3n) is 4.13. The minimum absolute atomic E-state index is 0.117. The van der Waals surface area contributed by atoms with Gasteiger partial charge in [0.2, 0.25) is 0 Å². The van der Waals surface area contributed by atoms with Crippen LogP contribution in [0.15, 0.2) is 60.7 Å². The minimum atomic E-state index is -1.42. The first-order chi connectivity index (χ1) is 11.6. The van der Waals surface area contributed by atoms with E-state index >= 15 is 0 Å². The lowest BCUT2D eigenvalue weighted by atomic mass is 9.95. The Bertz CT molecular complexity index is 1070. The molecule has 0 radical (unpaired) electrons. The Morgan fingerprint density at radius 3 is 1.79 bits per heavy atom. The van der Waals surface area contributed by atoms with Crippen LogP contribution >= 0.6 is 0 Å². The summed E-state index contributed by atoms with van der Waals surface area (Å²) in [6.45, 7) is 0. The molecule has 0 fully saturated rings. The van der Waals surface area contributed by atoms with E-state index in [2.05, 4.69) is 0 Å². The molecule has 0 nitrogen and oxygen atoms in total. The van der Waals surface area contributed by atoms with E-state index in [1.54, 1.807) is 18.2 Å². The van der Waals surface area contributed by atoms with E-state index in [9.17, 15) is 17.6 Å². The lowest BCUT2D eigenvalue weighted by molar-refractivity contribution is 0.458. The topological polar surface area (TPSA) is 0 Å². The van der Waals surface area contributed by atoms with Gasteiger partial charge in [-0.2, -0.15) is 0 Å². The second-order valence-corrected chi connectivity index (χ2v) is 5.57. The number of hydrogen-bond donors (Lipinski definition) is 0. The molecule has 4 rings (SSSR count). The number of fused-ring (bicyclic) bond motifs is 2. The Hall–Kier alpha value is -2.88. The number of hydrogen-bond acceptors (Lipinski definition) is 0. The van der Waals surface area contributed by atoms with Crippen molar-refractivity contribution >= 4 is 21.5 Å². The van der Waals surface area contributed by atoms with E-state index < -0.39 is 28.8 Å². The summed E-state index contributed by atoms with van der Waals surface area (Å²) in [4.78, 5) is 0. The summed E-state index contributed by atoms with van der Waals surface area (Å²) in [6, 6.07) is 16.2. The molecule has 0 aliphatic carbocycles. The van der Waals surface area contributed by atoms with Crippen molar-refractivity contribution in [1.29, 1.82) is 0 Å². The molecular weight excluding hydrogens is 316 g/mol. The Morgan fingerprint density at radius 1 is 0.542 bits per heavy atom. The van der Waals surface area contributed by atoms with Crippen LogP contribution in [0.2, 0.25) is 0 Å². The third-order valence-corrected chi connectivity index (χ3v) is 4.13. The summed E-state index contributed by atoms with van der Waals surface area (Å²) in [5.41, 5.74) is -0.569. The molecule has 4 heteroatoms. The standard InChI is InChI=1S/C20H10F4/c21-16-10-17(22)20(24)18(19(16)23)14-7-3-6-13-8-11-4-1-2-5-12(11)9-15(13)14/h1-10H. The highest BCUT2D eigenvalue weighted by Crippen LogP contribution is 2.36. The molecule has 4 aromatic carbocycles. The highest BCUT2D eigenvalue weighted by atomic mass is 19.2. The molecule has 4 aromatic rings. The maximum absolute atomic E-state index is 14.2. The van der Waals surface area contributed by atoms with E-state index in [0.29, 0.717) is 5.39 Å². The largest absolute Gasteiger partial charge is 0.204 e. The Labute approximate surface area is 135 Å². The molecule has 0 atom stereocenters. The first kappa shape index (κ1) is 14.7. The van der Waals surface area contributed by atoms with Gasteiger partial charge >= 0.3 is 0 Å². The summed E-state index contributed by atoms with van der Waals surface area (Å²) in [5.74, 6) is -5.62. The summed E-state index contributed by atoms with van der Waals surface area (Å²) in [6.07, 6.45) is 0. The van der Waals surface area contributed by atoms with Crippen molar-refractivity contribution in [2.45, 2.75) is 0 Å². The molecule has 0 aliphatic rings. The van der Waals surface area contributed by atoms with Crippen LogP contribution in [-0.4, -0.2) is 0 Å². The van der Waals surface area contributed by atoms with Crippen LogP contribution in [0.1, 0.15) is 0 Å². The van der Waals surface area contributed by atoms with Gasteiger partial charge in [-0.1, -0.05) is 42.5 Å². The molecule has 0 spiro atoms. The van der Waals surface area contributed by atoms with Crippen molar-refractivity contribution in [1.82, 2.24) is 0 Å². The Balaban J connectivity index is 2.13. The van der Waals surface area contributed by atoms with E-state index in [1.807, 2.05) is 30.3 Å². The average molecular weight is 326 g/mol. The fraction of sp³-hybridized carbons (Fsp3) is 0. The van der Waals surface area contributed by atoms with Gasteiger partial charge in [0.1, 0.15) is 0 Å². The van der Waals surface area contributed by atoms with Crippen molar-refractivity contribution in [2.24, 2.45) is 0 Å². The highest BCUT2D eigenvalue weighted by molar-refractivity contribution is 6.05. The lowest BCUT2D eigenvalue weighted by Gasteiger charge is -2.11. The molecule has 118 valence electrons. The van der Waals surface area contributed by atoms with Crippen molar-refractivity contribution in [3.8, 4) is 11.1 Å². The SMILES string of the molecule is Fc1cc(F)c(F)c(-c2cccc3cc4ccccc4cc23)c1F. The molecule has 0 unspecified atom stereocenters. The third kappa shape index (κ3) is 2.14. The zero-order valence-corrected chi connectivity index (χ0v) is 12.3. The van der Waals surface area contributed by atoms with Crippen LogP contribution in [0.3, 0.4) is 0 Å². The van der Waals surface area contributed by atoms with Gasteiger partial charge in [-0.05, 0) is 39.2 Å². The molecule has 0 saturated heterocycles. The van der Waals surface area contributed by atoms with Crippen molar-refractivity contribution in [2.75, 3.05) is 0 Å². The fourth-order valence-corrected chi connectivity index (χ4v) is 2.99. The molecule has 0 aromatic heterocycles. The Kier molecular flexibility index (Phi) is 3.27. The molecule has 0 saturated carbocycles. The molecule has 0 heterocycles. The van der Waals surface area contributed by atoms with Crippen LogP contribution in [0, 0.1) is 23.3 Å². The Morgan fingerprint density at radius 2 is 1.12 bits per heavy atom. The predicted molar refractivity (Wildman–Crippen MR) is 86.7 cm³/mol. The molecule has 0 aliphatic heterocycles. The van der Waals surface area contributed by atoms with Gasteiger partial charge in [0.15, 0.2) is 23.3 Å². The van der Waals surface area contributed by atoms with E-state index in [-0.39, 0.29) is 11.6 Å². The van der Waals surface area contributed by atoms with Gasteiger partial charge in [-0.15, -0.1) is 0 Å². The second-order valence-electron chi connectivity index (χ2n) is 5.57. The van der Waals surface area contributed by atoms with Crippen molar-refractivity contribution < 1.29 is 17.6 Å². The van der Waals surface area contributed by atoms with Gasteiger partial charge in [0.05, 0.1) is 5.56 Å². The van der Waals surface area contributed by atoms with Crippen LogP contribution in [-0.2, 0) is 0 Å². The first-order valence-electron chi connectivity index (χ1n) is 7.31. The van der Waals surface area contributed by atoms with Crippen LogP contribution in [0.4, 0.5) is 17.6 Å². The number of halogens is 4. The number of benzene rings is 4. The summed E-state index contributed by atoms with van der Waals surface area (Å²) < 4.78 is 55.5. The first-order valence-corrected chi connectivity index (χ1v) is 7.31. The van der Waals surface area contributed by atoms with Crippen molar-refractivity contribution in [3.63, 3.8) is 0 Å². The molecular formula is C20H10F4. The van der Waals surface area contributed by atoms with Gasteiger partial charge < -0.3 is 0 Å². The zero-order chi connectivity index (χ0) is 16.8. The monoisotopic (exact) mass is 326 g/mol. The van der Waals surface area contributed by atoms with Crippen molar-refractivity contribution in [3.05, 3.63) is 83.9 Å². The molecule has 24 heavy (non-hydrogen) atoms. The quantitative estimate of drug-likeness (QED) is 0.221. The van der Waals surface area contributed by atoms with E-state index in [4.69, 9.17) is 0 Å². The van der Waals surface area contributed by atoms with Crippen LogP contribution < -0.4 is 0 Å². The smallest absolute Gasteiger partial charge is 0.169 e. The van der Waals surface area contributed by atoms with Crippen LogP contribution in [0.25, 0.3) is 32.7 Å². The fourth-order valence-electron chi connectivity index (χ4n) is 2.99. The van der Waals surface area contributed by atoms with Gasteiger partial charge in [0, 0.05) is 6.07 Å². The highest BCUT2D eigenvalue weighted by Gasteiger charge is 2.21. The van der Waals surface area contributed by atoms with E-state index in [1.165, 1.54) is 6.07 Å². The minimum Gasteiger partial charge on any atom is -0.204 e. The average Bonchev–Trinajstić information content (AvgIpc) is 2.59. The van der Waals surface area contributed by atoms with Crippen LogP contribution in [0.5, 0.6) is 0 Å². The van der Waals surface area contributed by atoms with Gasteiger partial charge in [-0.3, -0.25) is 0 Å². The molecule has 0 N–H and O–H groups in total. The van der Waals surface area contributed by atoms with Gasteiger partial charge in [0.25, 0.3) is 0 Å². The van der Waals surface area contributed by atoms with Gasteiger partial charge in [-0.25, -0.2) is 17.6 Å². The summed E-state index contributed by atoms with van der Waals surface area (Å²) in [5, 5.41) is 3.09. The summed E-state index contributed by atoms with van der Waals surface area (Å²) in [7, 11) is 0. The molecule has 0 bridgehead atoms. The maximum atomic E-state index is 14.2. The zero-order valence-electron chi connectivity index (χ0n) is 12.3. The lowest BCUT2D eigenvalue weighted by Crippen LogP contribution is -1.99. The number of rotatable bonds is 1. The maximum Gasteiger partial charge on any atom is 0.169 e. The molecule has 0 amide bonds. The second kappa shape index (κ2) is 5.34. The predicted octanol–water partition coefficient (Wildman–Crippen LogP) is 6.22. The summed E-state index contributed by atoms with van der Waals surface area (Å²) >= 11 is 0.